The minimum Gasteiger partial charge on any atom is -0.443 e. The van der Waals surface area contributed by atoms with Crippen LogP contribution in [-0.2, 0) is 6.42 Å². The molecule has 98 valence electrons. The number of carbonyl (C=O) groups excluding carboxylic acids is 1. The quantitative estimate of drug-likeness (QED) is 0.786. The first kappa shape index (κ1) is 12.1. The van der Waals surface area contributed by atoms with Crippen molar-refractivity contribution in [2.75, 3.05) is 0 Å². The molecule has 0 saturated carbocycles. The summed E-state index contributed by atoms with van der Waals surface area (Å²) >= 11 is 0. The second-order valence-electron chi connectivity index (χ2n) is 5.93. The maximum Gasteiger partial charge on any atom is 0.245 e. The van der Waals surface area contributed by atoms with Crippen LogP contribution >= 0.6 is 0 Å². The Hall–Kier alpha value is -1.97. The predicted molar refractivity (Wildman–Crippen MR) is 70.9 cm³/mol. The third-order valence-corrected chi connectivity index (χ3v) is 3.40. The Bertz CT molecular complexity index is 656. The average Bonchev–Trinajstić information content (AvgIpc) is 2.73. The van der Waals surface area contributed by atoms with Gasteiger partial charge in [0.2, 0.25) is 5.89 Å². The molecular formula is C15H16N2O2. The van der Waals surface area contributed by atoms with E-state index in [-0.39, 0.29) is 11.2 Å². The Labute approximate surface area is 111 Å². The lowest BCUT2D eigenvalue weighted by Crippen LogP contribution is -2.27. The fourth-order valence-corrected chi connectivity index (χ4v) is 2.53. The molecular weight excluding hydrogens is 240 g/mol. The van der Waals surface area contributed by atoms with Crippen molar-refractivity contribution in [1.29, 1.82) is 0 Å². The molecule has 3 rings (SSSR count). The molecule has 0 radical (unpaired) electrons. The van der Waals surface area contributed by atoms with E-state index in [0.717, 1.165) is 23.4 Å². The van der Waals surface area contributed by atoms with Crippen LogP contribution in [0.4, 0.5) is 0 Å². The van der Waals surface area contributed by atoms with E-state index in [1.807, 2.05) is 13.0 Å². The van der Waals surface area contributed by atoms with Crippen LogP contribution in [0.25, 0.3) is 11.6 Å². The summed E-state index contributed by atoms with van der Waals surface area (Å²) in [7, 11) is 0. The molecule has 4 nitrogen and oxygen atoms in total. The lowest BCUT2D eigenvalue weighted by molar-refractivity contribution is 0.0910. The predicted octanol–water partition coefficient (Wildman–Crippen LogP) is 3.20. The van der Waals surface area contributed by atoms with E-state index in [0.29, 0.717) is 18.0 Å². The third-order valence-electron chi connectivity index (χ3n) is 3.40. The number of oxazole rings is 1. The second-order valence-corrected chi connectivity index (χ2v) is 5.93. The average molecular weight is 256 g/mol. The molecule has 2 heterocycles. The molecule has 2 aromatic rings. The molecule has 0 fully saturated rings. The van der Waals surface area contributed by atoms with Crippen LogP contribution in [0.15, 0.2) is 22.8 Å². The van der Waals surface area contributed by atoms with E-state index in [1.54, 1.807) is 12.3 Å². The number of hydrogen-bond donors (Lipinski definition) is 0. The number of pyridine rings is 1. The molecule has 1 aliphatic rings. The van der Waals surface area contributed by atoms with Gasteiger partial charge < -0.3 is 4.42 Å². The van der Waals surface area contributed by atoms with Crippen molar-refractivity contribution >= 4 is 5.78 Å². The van der Waals surface area contributed by atoms with Crippen LogP contribution in [0.1, 0.15) is 42.0 Å². The number of aryl methyl sites for hydroxylation is 1. The Morgan fingerprint density at radius 1 is 1.21 bits per heavy atom. The lowest BCUT2D eigenvalue weighted by atomic mass is 9.75. The van der Waals surface area contributed by atoms with Gasteiger partial charge in [-0.25, -0.2) is 9.97 Å². The summed E-state index contributed by atoms with van der Waals surface area (Å²) in [5.41, 5.74) is 3.09. The van der Waals surface area contributed by atoms with Crippen molar-refractivity contribution in [3.8, 4) is 11.6 Å². The number of rotatable bonds is 1. The molecule has 0 aromatic carbocycles. The summed E-state index contributed by atoms with van der Waals surface area (Å²) < 4.78 is 5.36. The number of hydrogen-bond acceptors (Lipinski definition) is 4. The fraction of sp³-hybridized carbons (Fsp3) is 0.400. The zero-order chi connectivity index (χ0) is 13.6. The lowest BCUT2D eigenvalue weighted by Gasteiger charge is -2.29. The van der Waals surface area contributed by atoms with Gasteiger partial charge in [-0.05, 0) is 30.9 Å². The SMILES string of the molecule is Cc1coc(-c2ccc3c(n2)CC(C)(C)CC3=O)n1. The number of nitrogens with zero attached hydrogens (tertiary/aromatic N) is 2. The van der Waals surface area contributed by atoms with Gasteiger partial charge in [0, 0.05) is 12.0 Å². The molecule has 1 aliphatic carbocycles. The molecule has 0 spiro atoms. The molecule has 0 N–H and O–H groups in total. The maximum atomic E-state index is 12.1. The van der Waals surface area contributed by atoms with Gasteiger partial charge in [0.25, 0.3) is 0 Å². The van der Waals surface area contributed by atoms with Gasteiger partial charge in [-0.2, -0.15) is 0 Å². The first-order valence-electron chi connectivity index (χ1n) is 6.40. The molecule has 0 atom stereocenters. The highest BCUT2D eigenvalue weighted by Gasteiger charge is 2.32. The van der Waals surface area contributed by atoms with Crippen molar-refractivity contribution < 1.29 is 9.21 Å². The van der Waals surface area contributed by atoms with Crippen molar-refractivity contribution in [3.63, 3.8) is 0 Å². The summed E-state index contributed by atoms with van der Waals surface area (Å²) in [6, 6.07) is 3.65. The molecule has 4 heteroatoms. The number of Topliss-reactive ketones (excluding diaryl/α,β-unsaturated/α-hetero) is 1. The van der Waals surface area contributed by atoms with E-state index in [9.17, 15) is 4.79 Å². The summed E-state index contributed by atoms with van der Waals surface area (Å²) in [4.78, 5) is 20.9. The minimum absolute atomic E-state index is 0.0256. The fourth-order valence-electron chi connectivity index (χ4n) is 2.53. The van der Waals surface area contributed by atoms with E-state index >= 15 is 0 Å². The van der Waals surface area contributed by atoms with Gasteiger partial charge in [0.1, 0.15) is 12.0 Å². The normalized spacial score (nSPS) is 17.3. The maximum absolute atomic E-state index is 12.1. The van der Waals surface area contributed by atoms with Crippen LogP contribution in [0, 0.1) is 12.3 Å². The van der Waals surface area contributed by atoms with Gasteiger partial charge in [0.05, 0.1) is 11.4 Å². The highest BCUT2D eigenvalue weighted by Crippen LogP contribution is 2.34. The van der Waals surface area contributed by atoms with Crippen molar-refractivity contribution in [2.24, 2.45) is 5.41 Å². The van der Waals surface area contributed by atoms with Crippen molar-refractivity contribution in [1.82, 2.24) is 9.97 Å². The summed E-state index contributed by atoms with van der Waals surface area (Å²) in [6.07, 6.45) is 2.99. The Balaban J connectivity index is 2.06. The largest absolute Gasteiger partial charge is 0.443 e. The summed E-state index contributed by atoms with van der Waals surface area (Å²) in [5, 5.41) is 0. The zero-order valence-electron chi connectivity index (χ0n) is 11.4. The third kappa shape index (κ3) is 2.18. The molecule has 0 unspecified atom stereocenters. The number of aromatic nitrogens is 2. The summed E-state index contributed by atoms with van der Waals surface area (Å²) in [5.74, 6) is 0.685. The first-order valence-corrected chi connectivity index (χ1v) is 6.40. The van der Waals surface area contributed by atoms with E-state index in [1.165, 1.54) is 0 Å². The molecule has 0 amide bonds. The molecule has 2 aromatic heterocycles. The van der Waals surface area contributed by atoms with Gasteiger partial charge in [-0.15, -0.1) is 0 Å². The van der Waals surface area contributed by atoms with Gasteiger partial charge >= 0.3 is 0 Å². The van der Waals surface area contributed by atoms with Gasteiger partial charge in [-0.1, -0.05) is 13.8 Å². The number of carbonyl (C=O) groups is 1. The highest BCUT2D eigenvalue weighted by atomic mass is 16.3. The molecule has 19 heavy (non-hydrogen) atoms. The Kier molecular flexibility index (Phi) is 2.55. The van der Waals surface area contributed by atoms with E-state index in [4.69, 9.17) is 4.42 Å². The minimum atomic E-state index is -0.0256. The van der Waals surface area contributed by atoms with E-state index < -0.39 is 0 Å². The zero-order valence-corrected chi connectivity index (χ0v) is 11.4. The van der Waals surface area contributed by atoms with Crippen LogP contribution < -0.4 is 0 Å². The summed E-state index contributed by atoms with van der Waals surface area (Å²) in [6.45, 7) is 6.06. The standard InChI is InChI=1S/C15H16N2O2/c1-9-8-19-14(16-9)11-5-4-10-12(17-11)6-15(2,3)7-13(10)18/h4-5,8H,6-7H2,1-3H3. The Morgan fingerprint density at radius 3 is 2.68 bits per heavy atom. The van der Waals surface area contributed by atoms with Crippen LogP contribution in [0.5, 0.6) is 0 Å². The van der Waals surface area contributed by atoms with Crippen molar-refractivity contribution in [3.05, 3.63) is 35.3 Å². The molecule has 0 saturated heterocycles. The van der Waals surface area contributed by atoms with E-state index in [2.05, 4.69) is 23.8 Å². The van der Waals surface area contributed by atoms with Crippen LogP contribution in [-0.4, -0.2) is 15.8 Å². The Morgan fingerprint density at radius 2 is 2.00 bits per heavy atom. The topological polar surface area (TPSA) is 56.0 Å². The van der Waals surface area contributed by atoms with Gasteiger partial charge in [0.15, 0.2) is 5.78 Å². The second kappa shape index (κ2) is 4.02. The molecule has 0 aliphatic heterocycles. The number of fused-ring (bicyclic) bond motifs is 1. The first-order chi connectivity index (χ1) is 8.94. The molecule has 0 bridgehead atoms. The monoisotopic (exact) mass is 256 g/mol. The van der Waals surface area contributed by atoms with Crippen LogP contribution in [0.2, 0.25) is 0 Å². The van der Waals surface area contributed by atoms with Crippen molar-refractivity contribution in [2.45, 2.75) is 33.6 Å². The van der Waals surface area contributed by atoms with Crippen LogP contribution in [0.3, 0.4) is 0 Å². The van der Waals surface area contributed by atoms with Gasteiger partial charge in [-0.3, -0.25) is 4.79 Å². The number of ketones is 1. The highest BCUT2D eigenvalue weighted by molar-refractivity contribution is 5.98. The smallest absolute Gasteiger partial charge is 0.245 e.